The predicted octanol–water partition coefficient (Wildman–Crippen LogP) is 5.19. The van der Waals surface area contributed by atoms with Gasteiger partial charge in [-0.25, -0.2) is 4.79 Å². The van der Waals surface area contributed by atoms with Gasteiger partial charge < -0.3 is 4.74 Å². The van der Waals surface area contributed by atoms with Gasteiger partial charge in [-0.3, -0.25) is 5.32 Å². The zero-order chi connectivity index (χ0) is 15.8. The lowest BCUT2D eigenvalue weighted by Gasteiger charge is -2.19. The highest BCUT2D eigenvalue weighted by molar-refractivity contribution is 9.10. The first-order valence-electron chi connectivity index (χ1n) is 6.34. The quantitative estimate of drug-likeness (QED) is 0.754. The van der Waals surface area contributed by atoms with Gasteiger partial charge >= 0.3 is 6.09 Å². The number of nitriles is 1. The summed E-state index contributed by atoms with van der Waals surface area (Å²) in [6.45, 7) is 7.36. The second kappa shape index (κ2) is 5.66. The zero-order valence-electron chi connectivity index (χ0n) is 12.2. The minimum atomic E-state index is -0.579. The van der Waals surface area contributed by atoms with Crippen molar-refractivity contribution in [2.75, 3.05) is 5.32 Å². The molecule has 1 aromatic carbocycles. The first-order valence-corrected chi connectivity index (χ1v) is 7.95. The number of halogens is 1. The summed E-state index contributed by atoms with van der Waals surface area (Å²) in [4.78, 5) is 11.9. The average molecular weight is 367 g/mol. The number of benzene rings is 1. The van der Waals surface area contributed by atoms with Crippen LogP contribution in [0.5, 0.6) is 0 Å². The number of nitrogens with zero attached hydrogens (tertiary/aromatic N) is 1. The molecule has 110 valence electrons. The molecular weight excluding hydrogens is 352 g/mol. The van der Waals surface area contributed by atoms with Gasteiger partial charge in [0.05, 0.1) is 5.56 Å². The molecule has 2 aromatic rings. The first-order chi connectivity index (χ1) is 9.73. The number of thiophene rings is 1. The van der Waals surface area contributed by atoms with Crippen LogP contribution in [-0.2, 0) is 4.74 Å². The smallest absolute Gasteiger partial charge is 0.412 e. The first kappa shape index (κ1) is 15.8. The third-order valence-electron chi connectivity index (χ3n) is 2.71. The van der Waals surface area contributed by atoms with Crippen molar-refractivity contribution in [2.45, 2.75) is 33.3 Å². The Balaban J connectivity index is 2.46. The number of hydrogen-bond donors (Lipinski definition) is 1. The van der Waals surface area contributed by atoms with Crippen molar-refractivity contribution in [1.29, 1.82) is 5.26 Å². The maximum atomic E-state index is 11.9. The molecule has 0 radical (unpaired) electrons. The third-order valence-corrected chi connectivity index (χ3v) is 4.61. The van der Waals surface area contributed by atoms with E-state index >= 15 is 0 Å². The molecule has 1 amide bonds. The van der Waals surface area contributed by atoms with Crippen LogP contribution in [0.4, 0.5) is 9.80 Å². The number of anilines is 1. The van der Waals surface area contributed by atoms with Crippen LogP contribution >= 0.6 is 27.3 Å². The molecule has 6 heteroatoms. The highest BCUT2D eigenvalue weighted by atomic mass is 79.9. The number of amides is 1. The molecule has 0 atom stereocenters. The number of rotatable bonds is 1. The molecule has 1 N–H and O–H groups in total. The fraction of sp³-hybridized carbons (Fsp3) is 0.333. The fourth-order valence-electron chi connectivity index (χ4n) is 1.88. The number of hydrogen-bond acceptors (Lipinski definition) is 4. The summed E-state index contributed by atoms with van der Waals surface area (Å²) in [5.74, 6) is 0. The number of ether oxygens (including phenoxy) is 1. The maximum absolute atomic E-state index is 11.9. The second-order valence-corrected chi connectivity index (χ2v) is 7.49. The van der Waals surface area contributed by atoms with E-state index in [-0.39, 0.29) is 0 Å². The summed E-state index contributed by atoms with van der Waals surface area (Å²) in [5.41, 5.74) is 0.938. The molecule has 0 aliphatic rings. The fourth-order valence-corrected chi connectivity index (χ4v) is 3.68. The molecule has 0 fully saturated rings. The van der Waals surface area contributed by atoms with E-state index < -0.39 is 11.7 Å². The van der Waals surface area contributed by atoms with Crippen LogP contribution in [0.2, 0.25) is 0 Å². The SMILES string of the molecule is Cc1ccc(Br)c2c(C#N)c(NC(=O)OC(C)(C)C)sc12. The van der Waals surface area contributed by atoms with Gasteiger partial charge in [-0.15, -0.1) is 11.3 Å². The largest absolute Gasteiger partial charge is 0.444 e. The van der Waals surface area contributed by atoms with Gasteiger partial charge in [-0.2, -0.15) is 5.26 Å². The molecule has 21 heavy (non-hydrogen) atoms. The molecule has 1 heterocycles. The van der Waals surface area contributed by atoms with Gasteiger partial charge in [0.2, 0.25) is 0 Å². The molecule has 1 aromatic heterocycles. The lowest BCUT2D eigenvalue weighted by atomic mass is 10.1. The van der Waals surface area contributed by atoms with E-state index in [1.807, 2.05) is 19.1 Å². The lowest BCUT2D eigenvalue weighted by molar-refractivity contribution is 0.0636. The van der Waals surface area contributed by atoms with Crippen molar-refractivity contribution < 1.29 is 9.53 Å². The summed E-state index contributed by atoms with van der Waals surface area (Å²) < 4.78 is 7.05. The van der Waals surface area contributed by atoms with Gasteiger partial charge in [0, 0.05) is 14.6 Å². The summed E-state index contributed by atoms with van der Waals surface area (Å²) in [5, 5.41) is 13.4. The van der Waals surface area contributed by atoms with Crippen LogP contribution in [0, 0.1) is 18.3 Å². The average Bonchev–Trinajstić information content (AvgIpc) is 2.71. The van der Waals surface area contributed by atoms with Crippen molar-refractivity contribution in [2.24, 2.45) is 0 Å². The van der Waals surface area contributed by atoms with Crippen molar-refractivity contribution in [3.8, 4) is 6.07 Å². The molecule has 0 bridgehead atoms. The number of carbonyl (C=O) groups is 1. The number of carbonyl (C=O) groups excluding carboxylic acids is 1. The molecule has 4 nitrogen and oxygen atoms in total. The zero-order valence-corrected chi connectivity index (χ0v) is 14.6. The normalized spacial score (nSPS) is 11.2. The number of fused-ring (bicyclic) bond motifs is 1. The highest BCUT2D eigenvalue weighted by Crippen LogP contribution is 2.41. The van der Waals surface area contributed by atoms with E-state index in [0.717, 1.165) is 20.1 Å². The summed E-state index contributed by atoms with van der Waals surface area (Å²) in [7, 11) is 0. The van der Waals surface area contributed by atoms with Gasteiger partial charge in [-0.1, -0.05) is 22.0 Å². The summed E-state index contributed by atoms with van der Waals surface area (Å²) in [6, 6.07) is 6.04. The molecule has 0 aliphatic heterocycles. The highest BCUT2D eigenvalue weighted by Gasteiger charge is 2.21. The molecule has 0 saturated carbocycles. The Kier molecular flexibility index (Phi) is 4.26. The van der Waals surface area contributed by atoms with Gasteiger partial charge in [0.1, 0.15) is 16.7 Å². The van der Waals surface area contributed by atoms with E-state index in [2.05, 4.69) is 27.3 Å². The van der Waals surface area contributed by atoms with Crippen LogP contribution in [-0.4, -0.2) is 11.7 Å². The van der Waals surface area contributed by atoms with Crippen molar-refractivity contribution >= 4 is 48.4 Å². The van der Waals surface area contributed by atoms with Crippen molar-refractivity contribution in [3.63, 3.8) is 0 Å². The minimum Gasteiger partial charge on any atom is -0.444 e. The van der Waals surface area contributed by atoms with E-state index in [9.17, 15) is 10.1 Å². The topological polar surface area (TPSA) is 62.1 Å². The Hall–Kier alpha value is -1.58. The Morgan fingerprint density at radius 2 is 2.10 bits per heavy atom. The van der Waals surface area contributed by atoms with Crippen LogP contribution in [0.15, 0.2) is 16.6 Å². The standard InChI is InChI=1S/C15H15BrN2O2S/c1-8-5-6-10(16)11-9(7-17)13(21-12(8)11)18-14(19)20-15(2,3)4/h5-6H,1-4H3,(H,18,19). The van der Waals surface area contributed by atoms with Gasteiger partial charge in [0.25, 0.3) is 0 Å². The molecule has 0 aliphatic carbocycles. The van der Waals surface area contributed by atoms with E-state index in [1.165, 1.54) is 11.3 Å². The third kappa shape index (κ3) is 3.36. The monoisotopic (exact) mass is 366 g/mol. The van der Waals surface area contributed by atoms with Crippen LogP contribution in [0.3, 0.4) is 0 Å². The molecule has 0 saturated heterocycles. The molecule has 0 spiro atoms. The second-order valence-electron chi connectivity index (χ2n) is 5.61. The van der Waals surface area contributed by atoms with E-state index in [4.69, 9.17) is 4.74 Å². The molecule has 2 rings (SSSR count). The van der Waals surface area contributed by atoms with Crippen molar-refractivity contribution in [3.05, 3.63) is 27.7 Å². The Bertz CT molecular complexity index is 754. The van der Waals surface area contributed by atoms with Crippen LogP contribution < -0.4 is 5.32 Å². The maximum Gasteiger partial charge on any atom is 0.412 e. The Labute approximate surface area is 135 Å². The summed E-state index contributed by atoms with van der Waals surface area (Å²) in [6.07, 6.45) is -0.556. The lowest BCUT2D eigenvalue weighted by Crippen LogP contribution is -2.27. The molecular formula is C15H15BrN2O2S. The predicted molar refractivity (Wildman–Crippen MR) is 88.8 cm³/mol. The Morgan fingerprint density at radius 1 is 1.43 bits per heavy atom. The minimum absolute atomic E-state index is 0.455. The van der Waals surface area contributed by atoms with Crippen LogP contribution in [0.1, 0.15) is 31.9 Å². The van der Waals surface area contributed by atoms with E-state index in [1.54, 1.807) is 20.8 Å². The van der Waals surface area contributed by atoms with Gasteiger partial charge in [0.15, 0.2) is 0 Å². The number of aryl methyl sites for hydroxylation is 1. The number of nitrogens with one attached hydrogen (secondary N) is 1. The van der Waals surface area contributed by atoms with Crippen LogP contribution in [0.25, 0.3) is 10.1 Å². The van der Waals surface area contributed by atoms with Crippen molar-refractivity contribution in [1.82, 2.24) is 0 Å². The Morgan fingerprint density at radius 3 is 2.67 bits per heavy atom. The van der Waals surface area contributed by atoms with Gasteiger partial charge in [-0.05, 0) is 39.3 Å². The van der Waals surface area contributed by atoms with E-state index in [0.29, 0.717) is 10.6 Å². The molecule has 0 unspecified atom stereocenters. The summed E-state index contributed by atoms with van der Waals surface area (Å²) >= 11 is 4.84.